The molecule has 0 saturated carbocycles. The zero-order valence-corrected chi connectivity index (χ0v) is 12.3. The van der Waals surface area contributed by atoms with Crippen LogP contribution in [0.4, 0.5) is 0 Å². The van der Waals surface area contributed by atoms with Gasteiger partial charge < -0.3 is 5.32 Å². The summed E-state index contributed by atoms with van der Waals surface area (Å²) in [5, 5.41) is 5.47. The van der Waals surface area contributed by atoms with E-state index in [1.54, 1.807) is 6.20 Å². The molecule has 0 aliphatic heterocycles. The van der Waals surface area contributed by atoms with Gasteiger partial charge in [0, 0.05) is 23.7 Å². The van der Waals surface area contributed by atoms with Crippen molar-refractivity contribution < 1.29 is 4.21 Å². The molecule has 1 heterocycles. The Morgan fingerprint density at radius 3 is 2.68 bits per heavy atom. The highest BCUT2D eigenvalue weighted by atomic mass is 32.1. The molecule has 100 valence electrons. The van der Waals surface area contributed by atoms with Crippen molar-refractivity contribution in [3.63, 3.8) is 0 Å². The lowest BCUT2D eigenvalue weighted by Crippen LogP contribution is -2.39. The van der Waals surface area contributed by atoms with Gasteiger partial charge in [0.05, 0.1) is 21.8 Å². The maximum Gasteiger partial charge on any atom is 0.0957 e. The SMILES string of the molecule is CC(C)(C)NCC(=S=O)c1nccc2ccccc12. The van der Waals surface area contributed by atoms with Gasteiger partial charge in [-0.2, -0.15) is 0 Å². The molecule has 0 spiro atoms. The fourth-order valence-corrected chi connectivity index (χ4v) is 2.21. The standard InChI is InChI=1S/C15H18N2OS/c1-15(2,3)17-10-13(19-18)14-12-7-5-4-6-11(12)8-9-16-14/h4-9,17H,10H2,1-3H3. The van der Waals surface area contributed by atoms with Crippen LogP contribution in [0.25, 0.3) is 10.8 Å². The number of pyridine rings is 1. The number of benzene rings is 1. The van der Waals surface area contributed by atoms with Crippen molar-refractivity contribution in [1.29, 1.82) is 0 Å². The van der Waals surface area contributed by atoms with E-state index in [-0.39, 0.29) is 5.54 Å². The molecule has 0 radical (unpaired) electrons. The molecule has 2 aromatic rings. The van der Waals surface area contributed by atoms with Crippen LogP contribution < -0.4 is 5.32 Å². The zero-order chi connectivity index (χ0) is 13.9. The van der Waals surface area contributed by atoms with Gasteiger partial charge >= 0.3 is 0 Å². The van der Waals surface area contributed by atoms with Gasteiger partial charge in [-0.1, -0.05) is 24.3 Å². The van der Waals surface area contributed by atoms with Crippen molar-refractivity contribution in [2.24, 2.45) is 0 Å². The van der Waals surface area contributed by atoms with Crippen LogP contribution >= 0.6 is 0 Å². The first-order chi connectivity index (χ1) is 9.01. The minimum Gasteiger partial charge on any atom is -0.307 e. The number of nitrogens with one attached hydrogen (secondary N) is 1. The largest absolute Gasteiger partial charge is 0.307 e. The van der Waals surface area contributed by atoms with Gasteiger partial charge in [-0.3, -0.25) is 4.98 Å². The second kappa shape index (κ2) is 5.63. The minimum absolute atomic E-state index is 0.0223. The Morgan fingerprint density at radius 2 is 2.00 bits per heavy atom. The molecule has 4 heteroatoms. The minimum atomic E-state index is -0.0223. The Kier molecular flexibility index (Phi) is 4.12. The van der Waals surface area contributed by atoms with Crippen molar-refractivity contribution in [3.05, 3.63) is 42.2 Å². The molecule has 0 fully saturated rings. The predicted octanol–water partition coefficient (Wildman–Crippen LogP) is 2.36. The third kappa shape index (κ3) is 3.49. The summed E-state index contributed by atoms with van der Waals surface area (Å²) < 4.78 is 11.4. The normalized spacial score (nSPS) is 11.5. The first-order valence-corrected chi connectivity index (χ1v) is 7.00. The summed E-state index contributed by atoms with van der Waals surface area (Å²) in [5.41, 5.74) is 0.765. The molecule has 0 bridgehead atoms. The van der Waals surface area contributed by atoms with Crippen LogP contribution in [0.2, 0.25) is 0 Å². The van der Waals surface area contributed by atoms with Crippen LogP contribution in [0.5, 0.6) is 0 Å². The summed E-state index contributed by atoms with van der Waals surface area (Å²) in [4.78, 5) is 5.11. The summed E-state index contributed by atoms with van der Waals surface area (Å²) in [6.45, 7) is 6.78. The van der Waals surface area contributed by atoms with Gasteiger partial charge in [0.25, 0.3) is 0 Å². The van der Waals surface area contributed by atoms with Gasteiger partial charge in [0.15, 0.2) is 0 Å². The van der Waals surface area contributed by atoms with E-state index < -0.39 is 0 Å². The van der Waals surface area contributed by atoms with Gasteiger partial charge in [0.1, 0.15) is 0 Å². The molecule has 0 aliphatic carbocycles. The molecule has 1 N–H and O–H groups in total. The monoisotopic (exact) mass is 274 g/mol. The van der Waals surface area contributed by atoms with Gasteiger partial charge in [-0.05, 0) is 32.2 Å². The Bertz CT molecular complexity index is 635. The van der Waals surface area contributed by atoms with Gasteiger partial charge in [0.2, 0.25) is 0 Å². The van der Waals surface area contributed by atoms with Crippen molar-refractivity contribution >= 4 is 26.9 Å². The Labute approximate surface area is 117 Å². The van der Waals surface area contributed by atoms with Crippen LogP contribution in [0, 0.1) is 0 Å². The Hall–Kier alpha value is -1.52. The first kappa shape index (κ1) is 13.9. The van der Waals surface area contributed by atoms with Crippen molar-refractivity contribution in [2.45, 2.75) is 26.3 Å². The topological polar surface area (TPSA) is 42.0 Å². The second-order valence-electron chi connectivity index (χ2n) is 5.49. The second-order valence-corrected chi connectivity index (χ2v) is 6.15. The predicted molar refractivity (Wildman–Crippen MR) is 81.8 cm³/mol. The van der Waals surface area contributed by atoms with Crippen LogP contribution in [-0.2, 0) is 11.3 Å². The van der Waals surface area contributed by atoms with E-state index in [0.29, 0.717) is 17.8 Å². The van der Waals surface area contributed by atoms with E-state index in [0.717, 1.165) is 21.3 Å². The third-order valence-electron chi connectivity index (χ3n) is 2.82. The number of rotatable bonds is 3. The fraction of sp³-hybridized carbons (Fsp3) is 0.333. The molecule has 0 unspecified atom stereocenters. The molecular weight excluding hydrogens is 256 g/mol. The molecule has 2 rings (SSSR count). The summed E-state index contributed by atoms with van der Waals surface area (Å²) in [5.74, 6) is 0. The van der Waals surface area contributed by atoms with Crippen LogP contribution in [0.15, 0.2) is 36.5 Å². The molecule has 1 aromatic heterocycles. The summed E-state index contributed by atoms with van der Waals surface area (Å²) >= 11 is 0.520. The van der Waals surface area contributed by atoms with Gasteiger partial charge in [-0.25, -0.2) is 4.21 Å². The van der Waals surface area contributed by atoms with E-state index in [2.05, 4.69) is 31.1 Å². The highest BCUT2D eigenvalue weighted by Gasteiger charge is 2.14. The maximum absolute atomic E-state index is 11.4. The lowest BCUT2D eigenvalue weighted by Gasteiger charge is -2.20. The average Bonchev–Trinajstić information content (AvgIpc) is 2.38. The summed E-state index contributed by atoms with van der Waals surface area (Å²) in [6.07, 6.45) is 1.75. The summed E-state index contributed by atoms with van der Waals surface area (Å²) in [6, 6.07) is 9.96. The number of nitrogens with zero attached hydrogens (tertiary/aromatic N) is 1. The highest BCUT2D eigenvalue weighted by molar-refractivity contribution is 7.67. The lowest BCUT2D eigenvalue weighted by molar-refractivity contribution is 0.456. The smallest absolute Gasteiger partial charge is 0.0957 e. The van der Waals surface area contributed by atoms with E-state index >= 15 is 0 Å². The molecule has 0 aliphatic rings. The van der Waals surface area contributed by atoms with E-state index in [4.69, 9.17) is 0 Å². The number of hydrogen-bond acceptors (Lipinski definition) is 3. The van der Waals surface area contributed by atoms with Crippen LogP contribution in [0.3, 0.4) is 0 Å². The Morgan fingerprint density at radius 1 is 1.26 bits per heavy atom. The van der Waals surface area contributed by atoms with Crippen molar-refractivity contribution in [2.75, 3.05) is 6.54 Å². The van der Waals surface area contributed by atoms with E-state index in [9.17, 15) is 4.21 Å². The zero-order valence-electron chi connectivity index (χ0n) is 11.4. The van der Waals surface area contributed by atoms with Crippen molar-refractivity contribution in [1.82, 2.24) is 10.3 Å². The number of hydrogen-bond donors (Lipinski definition) is 1. The molecule has 19 heavy (non-hydrogen) atoms. The highest BCUT2D eigenvalue weighted by Crippen LogP contribution is 2.16. The quantitative estimate of drug-likeness (QED) is 0.690. The molecule has 0 atom stereocenters. The molecule has 1 aromatic carbocycles. The van der Waals surface area contributed by atoms with Gasteiger partial charge in [-0.15, -0.1) is 0 Å². The van der Waals surface area contributed by atoms with Crippen LogP contribution in [0.1, 0.15) is 26.5 Å². The van der Waals surface area contributed by atoms with Crippen LogP contribution in [-0.4, -0.2) is 26.1 Å². The summed E-state index contributed by atoms with van der Waals surface area (Å²) in [7, 11) is 0. The molecule has 0 amide bonds. The average molecular weight is 274 g/mol. The maximum atomic E-state index is 11.4. The first-order valence-electron chi connectivity index (χ1n) is 6.26. The number of fused-ring (bicyclic) bond motifs is 1. The molecular formula is C15H18N2OS. The Balaban J connectivity index is 2.40. The van der Waals surface area contributed by atoms with E-state index in [1.807, 2.05) is 30.3 Å². The fourth-order valence-electron chi connectivity index (χ4n) is 1.84. The molecule has 3 nitrogen and oxygen atoms in total. The van der Waals surface area contributed by atoms with E-state index in [1.165, 1.54) is 0 Å². The van der Waals surface area contributed by atoms with Crippen molar-refractivity contribution in [3.8, 4) is 0 Å². The molecule has 0 saturated heterocycles. The third-order valence-corrected chi connectivity index (χ3v) is 3.36. The number of aromatic nitrogens is 1. The lowest BCUT2D eigenvalue weighted by atomic mass is 10.1.